The van der Waals surface area contributed by atoms with Gasteiger partial charge in [-0.25, -0.2) is 0 Å². The van der Waals surface area contributed by atoms with Gasteiger partial charge in [-0.2, -0.15) is 0 Å². The molecule has 1 saturated carbocycles. The Morgan fingerprint density at radius 3 is 2.75 bits per heavy atom. The Bertz CT molecular complexity index is 458. The van der Waals surface area contributed by atoms with Gasteiger partial charge in [-0.05, 0) is 50.3 Å². The van der Waals surface area contributed by atoms with E-state index < -0.39 is 0 Å². The molecular formula is C17H26N2O. The molecule has 20 heavy (non-hydrogen) atoms. The number of rotatable bonds is 4. The number of carbonyl (C=O) groups excluding carboxylic acids is 1. The zero-order valence-electron chi connectivity index (χ0n) is 12.8. The third kappa shape index (κ3) is 4.07. The minimum Gasteiger partial charge on any atom is -0.325 e. The Morgan fingerprint density at radius 2 is 2.05 bits per heavy atom. The highest BCUT2D eigenvalue weighted by Crippen LogP contribution is 2.24. The predicted octanol–water partition coefficient (Wildman–Crippen LogP) is 3.49. The number of hydrogen-bond donors (Lipinski definition) is 2. The van der Waals surface area contributed by atoms with Gasteiger partial charge in [0, 0.05) is 11.7 Å². The maximum Gasteiger partial charge on any atom is 0.241 e. The van der Waals surface area contributed by atoms with Crippen molar-refractivity contribution in [2.75, 3.05) is 5.32 Å². The highest BCUT2D eigenvalue weighted by Gasteiger charge is 2.24. The lowest BCUT2D eigenvalue weighted by atomic mass is 9.85. The zero-order chi connectivity index (χ0) is 14.5. The number of hydrogen-bond acceptors (Lipinski definition) is 2. The Morgan fingerprint density at radius 1 is 1.30 bits per heavy atom. The number of carbonyl (C=O) groups is 1. The maximum absolute atomic E-state index is 12.2. The van der Waals surface area contributed by atoms with Gasteiger partial charge >= 0.3 is 0 Å². The summed E-state index contributed by atoms with van der Waals surface area (Å²) in [5, 5.41) is 6.48. The van der Waals surface area contributed by atoms with Crippen LogP contribution in [0.25, 0.3) is 0 Å². The zero-order valence-corrected chi connectivity index (χ0v) is 12.8. The molecule has 1 fully saturated rings. The lowest BCUT2D eigenvalue weighted by Crippen LogP contribution is -2.47. The van der Waals surface area contributed by atoms with Crippen LogP contribution in [0.3, 0.4) is 0 Å². The fourth-order valence-electron chi connectivity index (χ4n) is 2.93. The molecular weight excluding hydrogens is 248 g/mol. The molecule has 0 heterocycles. The summed E-state index contributed by atoms with van der Waals surface area (Å²) in [6.45, 7) is 6.26. The van der Waals surface area contributed by atoms with Crippen molar-refractivity contribution in [3.8, 4) is 0 Å². The minimum atomic E-state index is -0.152. The van der Waals surface area contributed by atoms with Crippen molar-refractivity contribution in [3.05, 3.63) is 29.8 Å². The van der Waals surface area contributed by atoms with E-state index in [2.05, 4.69) is 17.6 Å². The van der Waals surface area contributed by atoms with Gasteiger partial charge in [0.15, 0.2) is 0 Å². The van der Waals surface area contributed by atoms with E-state index in [1.54, 1.807) is 0 Å². The summed E-state index contributed by atoms with van der Waals surface area (Å²) in [7, 11) is 0. The molecule has 110 valence electrons. The first-order chi connectivity index (χ1) is 9.56. The maximum atomic E-state index is 12.2. The van der Waals surface area contributed by atoms with Gasteiger partial charge in [0.1, 0.15) is 0 Å². The van der Waals surface area contributed by atoms with Crippen LogP contribution in [0.1, 0.15) is 45.1 Å². The fourth-order valence-corrected chi connectivity index (χ4v) is 2.93. The molecule has 1 aliphatic rings. The van der Waals surface area contributed by atoms with Crippen molar-refractivity contribution in [1.82, 2.24) is 5.32 Å². The summed E-state index contributed by atoms with van der Waals surface area (Å²) in [4.78, 5) is 12.2. The van der Waals surface area contributed by atoms with Crippen molar-refractivity contribution in [2.24, 2.45) is 5.92 Å². The second-order valence-electron chi connectivity index (χ2n) is 6.12. The van der Waals surface area contributed by atoms with Gasteiger partial charge in [-0.15, -0.1) is 0 Å². The number of aryl methyl sites for hydroxylation is 1. The van der Waals surface area contributed by atoms with Gasteiger partial charge in [0.25, 0.3) is 0 Å². The van der Waals surface area contributed by atoms with Crippen molar-refractivity contribution < 1.29 is 4.79 Å². The Labute approximate surface area is 122 Å². The monoisotopic (exact) mass is 274 g/mol. The van der Waals surface area contributed by atoms with Crippen LogP contribution in [0, 0.1) is 12.8 Å². The topological polar surface area (TPSA) is 41.1 Å². The second kappa shape index (κ2) is 6.89. The van der Waals surface area contributed by atoms with Crippen LogP contribution in [0.2, 0.25) is 0 Å². The van der Waals surface area contributed by atoms with E-state index in [-0.39, 0.29) is 11.9 Å². The summed E-state index contributed by atoms with van der Waals surface area (Å²) < 4.78 is 0. The number of anilines is 1. The standard InChI is InChI=1S/C17H26N2O/c1-12-7-6-9-15(11-12)19-17(20)14(3)18-16-10-5-4-8-13(16)2/h6-7,9,11,13-14,16,18H,4-5,8,10H2,1-3H3,(H,19,20)/t13-,14+,16-/m0/s1. The molecule has 0 unspecified atom stereocenters. The van der Waals surface area contributed by atoms with Crippen molar-refractivity contribution in [1.29, 1.82) is 0 Å². The van der Waals surface area contributed by atoms with E-state index in [1.165, 1.54) is 25.7 Å². The van der Waals surface area contributed by atoms with E-state index in [9.17, 15) is 4.79 Å². The van der Waals surface area contributed by atoms with E-state index in [4.69, 9.17) is 0 Å². The highest BCUT2D eigenvalue weighted by molar-refractivity contribution is 5.94. The Balaban J connectivity index is 1.88. The molecule has 0 aromatic heterocycles. The third-order valence-corrected chi connectivity index (χ3v) is 4.25. The van der Waals surface area contributed by atoms with Crippen molar-refractivity contribution in [3.63, 3.8) is 0 Å². The molecule has 0 spiro atoms. The first-order valence-corrected chi connectivity index (χ1v) is 7.70. The SMILES string of the molecule is Cc1cccc(NC(=O)[C@@H](C)N[C@H]2CCCC[C@@H]2C)c1. The molecule has 1 aromatic carbocycles. The van der Waals surface area contributed by atoms with Crippen LogP contribution >= 0.6 is 0 Å². The normalized spacial score (nSPS) is 24.1. The summed E-state index contributed by atoms with van der Waals surface area (Å²) in [6.07, 6.45) is 5.05. The van der Waals surface area contributed by atoms with Gasteiger partial charge in [0.2, 0.25) is 5.91 Å². The molecule has 2 rings (SSSR count). The average Bonchev–Trinajstić information content (AvgIpc) is 2.41. The van der Waals surface area contributed by atoms with Crippen LogP contribution in [0.5, 0.6) is 0 Å². The van der Waals surface area contributed by atoms with E-state index in [0.29, 0.717) is 12.0 Å². The first kappa shape index (κ1) is 15.0. The highest BCUT2D eigenvalue weighted by atomic mass is 16.2. The Hall–Kier alpha value is -1.35. The second-order valence-corrected chi connectivity index (χ2v) is 6.12. The lowest BCUT2D eigenvalue weighted by Gasteiger charge is -2.31. The van der Waals surface area contributed by atoms with Gasteiger partial charge < -0.3 is 10.6 Å². The molecule has 3 heteroatoms. The number of nitrogens with one attached hydrogen (secondary N) is 2. The largest absolute Gasteiger partial charge is 0.325 e. The van der Waals surface area contributed by atoms with Crippen molar-refractivity contribution in [2.45, 2.75) is 58.5 Å². The van der Waals surface area contributed by atoms with Crippen molar-refractivity contribution >= 4 is 11.6 Å². The molecule has 0 aliphatic heterocycles. The molecule has 1 amide bonds. The smallest absolute Gasteiger partial charge is 0.241 e. The van der Waals surface area contributed by atoms with Crippen LogP contribution in [-0.4, -0.2) is 18.0 Å². The van der Waals surface area contributed by atoms with Crippen LogP contribution in [0.4, 0.5) is 5.69 Å². The first-order valence-electron chi connectivity index (χ1n) is 7.70. The van der Waals surface area contributed by atoms with E-state index in [0.717, 1.165) is 11.3 Å². The molecule has 3 nitrogen and oxygen atoms in total. The summed E-state index contributed by atoms with van der Waals surface area (Å²) in [6, 6.07) is 8.24. The molecule has 3 atom stereocenters. The Kier molecular flexibility index (Phi) is 5.18. The van der Waals surface area contributed by atoms with E-state index >= 15 is 0 Å². The molecule has 0 bridgehead atoms. The molecule has 1 aliphatic carbocycles. The van der Waals surface area contributed by atoms with Gasteiger partial charge in [0.05, 0.1) is 6.04 Å². The van der Waals surface area contributed by atoms with Gasteiger partial charge in [-0.3, -0.25) is 4.79 Å². The predicted molar refractivity (Wildman–Crippen MR) is 83.8 cm³/mol. The number of amides is 1. The van der Waals surface area contributed by atoms with E-state index in [1.807, 2.05) is 38.1 Å². The van der Waals surface area contributed by atoms with Crippen LogP contribution < -0.4 is 10.6 Å². The summed E-state index contributed by atoms with van der Waals surface area (Å²) in [5.74, 6) is 0.714. The molecule has 0 radical (unpaired) electrons. The third-order valence-electron chi connectivity index (χ3n) is 4.25. The molecule has 2 N–H and O–H groups in total. The fraction of sp³-hybridized carbons (Fsp3) is 0.588. The number of benzene rings is 1. The molecule has 1 aromatic rings. The summed E-state index contributed by atoms with van der Waals surface area (Å²) in [5.41, 5.74) is 2.03. The average molecular weight is 274 g/mol. The quantitative estimate of drug-likeness (QED) is 0.882. The lowest BCUT2D eigenvalue weighted by molar-refractivity contribution is -0.118. The van der Waals surface area contributed by atoms with Crippen LogP contribution in [0.15, 0.2) is 24.3 Å². The van der Waals surface area contributed by atoms with Gasteiger partial charge in [-0.1, -0.05) is 31.9 Å². The van der Waals surface area contributed by atoms with Crippen LogP contribution in [-0.2, 0) is 4.79 Å². The minimum absolute atomic E-state index is 0.0494. The molecule has 0 saturated heterocycles. The summed E-state index contributed by atoms with van der Waals surface area (Å²) >= 11 is 0.